The first-order valence-corrected chi connectivity index (χ1v) is 6.09. The molecule has 0 aliphatic heterocycles. The third-order valence-electron chi connectivity index (χ3n) is 2.33. The van der Waals surface area contributed by atoms with Crippen molar-refractivity contribution in [3.8, 4) is 0 Å². The number of aromatic nitrogens is 2. The molecule has 0 aliphatic rings. The number of amides is 1. The summed E-state index contributed by atoms with van der Waals surface area (Å²) in [5, 5.41) is 5.86. The number of nitrogens with one attached hydrogen (secondary N) is 3. The van der Waals surface area contributed by atoms with Gasteiger partial charge in [-0.3, -0.25) is 4.79 Å². The van der Waals surface area contributed by atoms with Crippen LogP contribution in [0.2, 0.25) is 0 Å². The van der Waals surface area contributed by atoms with Gasteiger partial charge in [0, 0.05) is 11.1 Å². The Balaban J connectivity index is 2.73. The van der Waals surface area contributed by atoms with E-state index in [9.17, 15) is 4.79 Å². The third-order valence-corrected chi connectivity index (χ3v) is 2.33. The number of aryl methyl sites for hydroxylation is 1. The second-order valence-electron chi connectivity index (χ2n) is 5.39. The second kappa shape index (κ2) is 5.83. The maximum absolute atomic E-state index is 11.7. The Kier molecular flexibility index (Phi) is 4.66. The fourth-order valence-corrected chi connectivity index (χ4v) is 1.57. The van der Waals surface area contributed by atoms with E-state index in [4.69, 9.17) is 5.84 Å². The smallest absolute Gasteiger partial charge is 0.239 e. The molecule has 5 N–H and O–H groups in total. The van der Waals surface area contributed by atoms with E-state index in [-0.39, 0.29) is 18.0 Å². The van der Waals surface area contributed by atoms with Crippen LogP contribution in [0.3, 0.4) is 0 Å². The molecule has 0 aliphatic carbocycles. The van der Waals surface area contributed by atoms with Gasteiger partial charge in [-0.05, 0) is 34.6 Å². The van der Waals surface area contributed by atoms with Crippen LogP contribution < -0.4 is 21.9 Å². The molecule has 0 saturated heterocycles. The molecule has 106 valence electrons. The van der Waals surface area contributed by atoms with E-state index in [0.717, 1.165) is 5.56 Å². The van der Waals surface area contributed by atoms with Gasteiger partial charge in [-0.25, -0.2) is 15.8 Å². The number of hydrazine groups is 1. The molecule has 19 heavy (non-hydrogen) atoms. The number of anilines is 2. The summed E-state index contributed by atoms with van der Waals surface area (Å²) in [6.45, 7) is 9.54. The quantitative estimate of drug-likeness (QED) is 0.472. The Hall–Kier alpha value is -1.89. The fraction of sp³-hybridized carbons (Fsp3) is 0.583. The van der Waals surface area contributed by atoms with Gasteiger partial charge in [-0.1, -0.05) is 0 Å². The van der Waals surface area contributed by atoms with E-state index in [1.165, 1.54) is 0 Å². The largest absolute Gasteiger partial charge is 0.361 e. The van der Waals surface area contributed by atoms with Crippen LogP contribution in [0.5, 0.6) is 0 Å². The van der Waals surface area contributed by atoms with Crippen molar-refractivity contribution in [1.82, 2.24) is 15.3 Å². The number of carbonyl (C=O) groups is 1. The SMILES string of the molecule is Cc1nc(NN)c(C)c(NCC(=O)NC(C)(C)C)n1. The molecule has 1 aromatic heterocycles. The van der Waals surface area contributed by atoms with Gasteiger partial charge in [0.2, 0.25) is 5.91 Å². The lowest BCUT2D eigenvalue weighted by molar-refractivity contribution is -0.120. The van der Waals surface area contributed by atoms with E-state index < -0.39 is 0 Å². The molecule has 1 heterocycles. The van der Waals surface area contributed by atoms with Crippen molar-refractivity contribution in [2.75, 3.05) is 17.3 Å². The average molecular weight is 266 g/mol. The summed E-state index contributed by atoms with van der Waals surface area (Å²) in [6, 6.07) is 0. The van der Waals surface area contributed by atoms with Gasteiger partial charge < -0.3 is 16.1 Å². The van der Waals surface area contributed by atoms with E-state index in [1.807, 2.05) is 27.7 Å². The van der Waals surface area contributed by atoms with Crippen molar-refractivity contribution in [3.63, 3.8) is 0 Å². The molecule has 1 rings (SSSR count). The topological polar surface area (TPSA) is 105 Å². The Morgan fingerprint density at radius 3 is 2.32 bits per heavy atom. The van der Waals surface area contributed by atoms with Crippen molar-refractivity contribution in [1.29, 1.82) is 0 Å². The summed E-state index contributed by atoms with van der Waals surface area (Å²) in [5.74, 6) is 7.02. The molecule has 0 radical (unpaired) electrons. The summed E-state index contributed by atoms with van der Waals surface area (Å²) < 4.78 is 0. The van der Waals surface area contributed by atoms with Crippen LogP contribution in [0.4, 0.5) is 11.6 Å². The molecule has 0 unspecified atom stereocenters. The molecule has 0 aromatic carbocycles. The minimum absolute atomic E-state index is 0.0922. The van der Waals surface area contributed by atoms with Gasteiger partial charge in [0.15, 0.2) is 0 Å². The van der Waals surface area contributed by atoms with Gasteiger partial charge in [-0.2, -0.15) is 0 Å². The first-order valence-electron chi connectivity index (χ1n) is 6.09. The van der Waals surface area contributed by atoms with Gasteiger partial charge in [0.05, 0.1) is 6.54 Å². The molecule has 0 bridgehead atoms. The molecule has 0 saturated carbocycles. The van der Waals surface area contributed by atoms with Gasteiger partial charge in [0.25, 0.3) is 0 Å². The van der Waals surface area contributed by atoms with Crippen molar-refractivity contribution in [2.24, 2.45) is 5.84 Å². The zero-order valence-electron chi connectivity index (χ0n) is 12.1. The Labute approximate surface area is 113 Å². The molecule has 0 atom stereocenters. The third kappa shape index (κ3) is 4.70. The van der Waals surface area contributed by atoms with Crippen LogP contribution >= 0.6 is 0 Å². The lowest BCUT2D eigenvalue weighted by Crippen LogP contribution is -2.43. The highest BCUT2D eigenvalue weighted by Gasteiger charge is 2.14. The maximum Gasteiger partial charge on any atom is 0.239 e. The highest BCUT2D eigenvalue weighted by atomic mass is 16.2. The van der Waals surface area contributed by atoms with Crippen LogP contribution in [0.15, 0.2) is 0 Å². The average Bonchev–Trinajstić information content (AvgIpc) is 2.27. The summed E-state index contributed by atoms with van der Waals surface area (Å²) >= 11 is 0. The van der Waals surface area contributed by atoms with Crippen molar-refractivity contribution in [3.05, 3.63) is 11.4 Å². The van der Waals surface area contributed by atoms with Gasteiger partial charge in [-0.15, -0.1) is 0 Å². The first kappa shape index (κ1) is 15.2. The Morgan fingerprint density at radius 2 is 1.79 bits per heavy atom. The van der Waals surface area contributed by atoms with Gasteiger partial charge in [0.1, 0.15) is 17.5 Å². The normalized spacial score (nSPS) is 11.1. The van der Waals surface area contributed by atoms with E-state index in [2.05, 4.69) is 26.0 Å². The van der Waals surface area contributed by atoms with E-state index >= 15 is 0 Å². The van der Waals surface area contributed by atoms with Crippen LogP contribution in [0.25, 0.3) is 0 Å². The van der Waals surface area contributed by atoms with Gasteiger partial charge >= 0.3 is 0 Å². The summed E-state index contributed by atoms with van der Waals surface area (Å²) in [4.78, 5) is 20.1. The number of hydrogen-bond donors (Lipinski definition) is 4. The minimum Gasteiger partial charge on any atom is -0.361 e. The Morgan fingerprint density at radius 1 is 1.21 bits per heavy atom. The highest BCUT2D eigenvalue weighted by Crippen LogP contribution is 2.18. The maximum atomic E-state index is 11.7. The molecule has 7 nitrogen and oxygen atoms in total. The number of nitrogens with two attached hydrogens (primary N) is 1. The molecule has 1 aromatic rings. The molecule has 1 amide bonds. The summed E-state index contributed by atoms with van der Waals surface area (Å²) in [5.41, 5.74) is 3.03. The number of hydrogen-bond acceptors (Lipinski definition) is 6. The standard InChI is InChI=1S/C12H22N6O/c1-7-10(15-8(2)16-11(7)18-13)14-6-9(19)17-12(3,4)5/h6,13H2,1-5H3,(H,17,19)(H2,14,15,16,18). The van der Waals surface area contributed by atoms with Crippen LogP contribution in [-0.4, -0.2) is 28.0 Å². The first-order chi connectivity index (χ1) is 8.73. The van der Waals surface area contributed by atoms with Crippen LogP contribution in [-0.2, 0) is 4.79 Å². The zero-order chi connectivity index (χ0) is 14.6. The molecule has 0 spiro atoms. The number of nitrogens with zero attached hydrogens (tertiary/aromatic N) is 2. The number of nitrogen functional groups attached to an aromatic ring is 1. The second-order valence-corrected chi connectivity index (χ2v) is 5.39. The molecular weight excluding hydrogens is 244 g/mol. The number of carbonyl (C=O) groups excluding carboxylic acids is 1. The van der Waals surface area contributed by atoms with Crippen molar-refractivity contribution in [2.45, 2.75) is 40.2 Å². The fourth-order valence-electron chi connectivity index (χ4n) is 1.57. The van der Waals surface area contributed by atoms with E-state index in [1.54, 1.807) is 6.92 Å². The molecular formula is C12H22N6O. The predicted octanol–water partition coefficient (Wildman–Crippen LogP) is 0.706. The van der Waals surface area contributed by atoms with Crippen molar-refractivity contribution >= 4 is 17.5 Å². The monoisotopic (exact) mass is 266 g/mol. The van der Waals surface area contributed by atoms with Crippen molar-refractivity contribution < 1.29 is 4.79 Å². The lowest BCUT2D eigenvalue weighted by Gasteiger charge is -2.21. The zero-order valence-corrected chi connectivity index (χ0v) is 12.1. The van der Waals surface area contributed by atoms with Crippen LogP contribution in [0, 0.1) is 13.8 Å². The number of rotatable bonds is 4. The van der Waals surface area contributed by atoms with E-state index in [0.29, 0.717) is 17.5 Å². The molecule has 7 heteroatoms. The minimum atomic E-state index is -0.251. The summed E-state index contributed by atoms with van der Waals surface area (Å²) in [7, 11) is 0. The highest BCUT2D eigenvalue weighted by molar-refractivity contribution is 5.81. The lowest BCUT2D eigenvalue weighted by atomic mass is 10.1. The van der Waals surface area contributed by atoms with Crippen LogP contribution in [0.1, 0.15) is 32.2 Å². The summed E-state index contributed by atoms with van der Waals surface area (Å²) in [6.07, 6.45) is 0. The predicted molar refractivity (Wildman–Crippen MR) is 75.7 cm³/mol. The Bertz CT molecular complexity index is 466. The molecule has 0 fully saturated rings.